The number of carbonyl (C=O) groups is 2. The predicted octanol–water partition coefficient (Wildman–Crippen LogP) is 5.59. The van der Waals surface area contributed by atoms with Crippen LogP contribution in [0.25, 0.3) is 11.1 Å². The fourth-order valence-electron chi connectivity index (χ4n) is 5.53. The summed E-state index contributed by atoms with van der Waals surface area (Å²) >= 11 is 0. The molecule has 1 unspecified atom stereocenters. The molecule has 7 heteroatoms. The Bertz CT molecular complexity index is 1360. The van der Waals surface area contributed by atoms with Crippen molar-refractivity contribution >= 4 is 11.9 Å². The minimum Gasteiger partial charge on any atom is -0.492 e. The summed E-state index contributed by atoms with van der Waals surface area (Å²) in [5.41, 5.74) is 6.67. The molecule has 1 amide bonds. The van der Waals surface area contributed by atoms with Gasteiger partial charge in [-0.05, 0) is 65.9 Å². The number of ether oxygens (including phenoxy) is 4. The summed E-state index contributed by atoms with van der Waals surface area (Å²) in [5, 5.41) is 0. The van der Waals surface area contributed by atoms with Gasteiger partial charge in [0.25, 0.3) is 0 Å². The number of aryl methyl sites for hydroxylation is 2. The van der Waals surface area contributed by atoms with Crippen LogP contribution in [0, 0.1) is 13.8 Å². The zero-order valence-electron chi connectivity index (χ0n) is 23.0. The van der Waals surface area contributed by atoms with Gasteiger partial charge in [0.1, 0.15) is 30.0 Å². The molecular weight excluding hydrogens is 494 g/mol. The standard InChI is InChI=1S/C32H35NO6/c1-20-12-28(39-27-10-11-33(17-27)22(3)34)13-21(2)32(20)24-7-5-6-23(14-24)18-37-26-8-9-29-25(15-31(35)36-4)19-38-30(29)16-26/h5-9,12-14,16,25,27H,10-11,15,17-19H2,1-4H3/t25-,27?/m1/s1. The van der Waals surface area contributed by atoms with Crippen molar-refractivity contribution in [2.45, 2.75) is 52.2 Å². The van der Waals surface area contributed by atoms with Gasteiger partial charge in [-0.15, -0.1) is 0 Å². The monoisotopic (exact) mass is 529 g/mol. The van der Waals surface area contributed by atoms with E-state index in [0.29, 0.717) is 26.2 Å². The first kappa shape index (κ1) is 26.6. The molecule has 39 heavy (non-hydrogen) atoms. The van der Waals surface area contributed by atoms with Gasteiger partial charge in [0.05, 0.1) is 26.7 Å². The second kappa shape index (κ2) is 11.4. The van der Waals surface area contributed by atoms with E-state index in [9.17, 15) is 9.59 Å². The lowest BCUT2D eigenvalue weighted by molar-refractivity contribution is -0.141. The second-order valence-corrected chi connectivity index (χ2v) is 10.4. The molecule has 0 aliphatic carbocycles. The van der Waals surface area contributed by atoms with Crippen molar-refractivity contribution in [3.63, 3.8) is 0 Å². The number of hydrogen-bond donors (Lipinski definition) is 0. The highest BCUT2D eigenvalue weighted by Gasteiger charge is 2.28. The van der Waals surface area contributed by atoms with Crippen LogP contribution in [0.1, 0.15) is 47.9 Å². The van der Waals surface area contributed by atoms with Gasteiger partial charge in [-0.25, -0.2) is 0 Å². The molecule has 2 aliphatic heterocycles. The molecule has 0 radical (unpaired) electrons. The van der Waals surface area contributed by atoms with Gasteiger partial charge in [0, 0.05) is 37.4 Å². The summed E-state index contributed by atoms with van der Waals surface area (Å²) in [4.78, 5) is 25.2. The van der Waals surface area contributed by atoms with E-state index in [-0.39, 0.29) is 23.9 Å². The highest BCUT2D eigenvalue weighted by molar-refractivity contribution is 5.74. The van der Waals surface area contributed by atoms with Gasteiger partial charge >= 0.3 is 5.97 Å². The van der Waals surface area contributed by atoms with Crippen LogP contribution in [0.3, 0.4) is 0 Å². The molecule has 0 bridgehead atoms. The number of esters is 1. The number of amides is 1. The van der Waals surface area contributed by atoms with E-state index in [2.05, 4.69) is 50.2 Å². The lowest BCUT2D eigenvalue weighted by Gasteiger charge is -2.18. The maximum absolute atomic E-state index is 11.7. The number of methoxy groups -OCH3 is 1. The minimum atomic E-state index is -0.237. The smallest absolute Gasteiger partial charge is 0.306 e. The third-order valence-corrected chi connectivity index (χ3v) is 7.53. The Balaban J connectivity index is 1.25. The van der Waals surface area contributed by atoms with Crippen LogP contribution in [-0.2, 0) is 20.9 Å². The fourth-order valence-corrected chi connectivity index (χ4v) is 5.53. The van der Waals surface area contributed by atoms with Crippen molar-refractivity contribution in [1.29, 1.82) is 0 Å². The van der Waals surface area contributed by atoms with E-state index in [1.807, 2.05) is 23.1 Å². The summed E-state index contributed by atoms with van der Waals surface area (Å²) in [6, 6.07) is 18.3. The van der Waals surface area contributed by atoms with Crippen molar-refractivity contribution in [2.24, 2.45) is 0 Å². The zero-order chi connectivity index (χ0) is 27.5. The number of nitrogens with zero attached hydrogens (tertiary/aromatic N) is 1. The van der Waals surface area contributed by atoms with Gasteiger partial charge in [0.2, 0.25) is 5.91 Å². The van der Waals surface area contributed by atoms with E-state index < -0.39 is 0 Å². The van der Waals surface area contributed by atoms with Crippen molar-refractivity contribution in [2.75, 3.05) is 26.8 Å². The van der Waals surface area contributed by atoms with E-state index in [1.54, 1.807) is 6.92 Å². The number of rotatable bonds is 8. The van der Waals surface area contributed by atoms with Crippen molar-refractivity contribution in [3.05, 3.63) is 76.9 Å². The van der Waals surface area contributed by atoms with Crippen LogP contribution in [0.4, 0.5) is 0 Å². The molecule has 0 N–H and O–H groups in total. The Hall–Kier alpha value is -4.00. The molecule has 1 saturated heterocycles. The Morgan fingerprint density at radius 1 is 1.03 bits per heavy atom. The first-order chi connectivity index (χ1) is 18.8. The van der Waals surface area contributed by atoms with Gasteiger partial charge in [-0.1, -0.05) is 24.3 Å². The molecule has 2 heterocycles. The maximum atomic E-state index is 11.7. The Morgan fingerprint density at radius 2 is 1.82 bits per heavy atom. The van der Waals surface area contributed by atoms with Crippen molar-refractivity contribution in [1.82, 2.24) is 4.90 Å². The number of likely N-dealkylation sites (tertiary alicyclic amines) is 1. The Labute approximate surface area is 229 Å². The quantitative estimate of drug-likeness (QED) is 0.354. The molecule has 7 nitrogen and oxygen atoms in total. The maximum Gasteiger partial charge on any atom is 0.306 e. The molecule has 0 saturated carbocycles. The molecule has 2 atom stereocenters. The van der Waals surface area contributed by atoms with Gasteiger partial charge in [-0.3, -0.25) is 9.59 Å². The highest BCUT2D eigenvalue weighted by atomic mass is 16.5. The lowest BCUT2D eigenvalue weighted by Crippen LogP contribution is -2.28. The molecule has 5 rings (SSSR count). The number of hydrogen-bond acceptors (Lipinski definition) is 6. The predicted molar refractivity (Wildman–Crippen MR) is 148 cm³/mol. The Morgan fingerprint density at radius 3 is 2.54 bits per heavy atom. The summed E-state index contributed by atoms with van der Waals surface area (Å²) in [5.74, 6) is 2.20. The van der Waals surface area contributed by atoms with E-state index in [1.165, 1.54) is 12.7 Å². The van der Waals surface area contributed by atoms with E-state index in [0.717, 1.165) is 58.0 Å². The molecule has 1 fully saturated rings. The highest BCUT2D eigenvalue weighted by Crippen LogP contribution is 2.39. The van der Waals surface area contributed by atoms with Crippen LogP contribution in [0.5, 0.6) is 17.2 Å². The zero-order valence-corrected chi connectivity index (χ0v) is 23.0. The van der Waals surface area contributed by atoms with Gasteiger partial charge < -0.3 is 23.8 Å². The van der Waals surface area contributed by atoms with Crippen LogP contribution < -0.4 is 14.2 Å². The van der Waals surface area contributed by atoms with Crippen LogP contribution in [0.2, 0.25) is 0 Å². The largest absolute Gasteiger partial charge is 0.492 e. The molecule has 2 aliphatic rings. The third kappa shape index (κ3) is 6.03. The van der Waals surface area contributed by atoms with Crippen molar-refractivity contribution in [3.8, 4) is 28.4 Å². The van der Waals surface area contributed by atoms with Crippen LogP contribution >= 0.6 is 0 Å². The SMILES string of the molecule is COC(=O)C[C@@H]1COc2cc(OCc3cccc(-c4c(C)cc(OC5CCN(C(C)=O)C5)cc4C)c3)ccc21. The van der Waals surface area contributed by atoms with Crippen molar-refractivity contribution < 1.29 is 28.5 Å². The number of fused-ring (bicyclic) bond motifs is 1. The molecular formula is C32H35NO6. The van der Waals surface area contributed by atoms with Gasteiger partial charge in [0.15, 0.2) is 0 Å². The Kier molecular flexibility index (Phi) is 7.77. The lowest BCUT2D eigenvalue weighted by atomic mass is 9.94. The topological polar surface area (TPSA) is 74.3 Å². The number of benzene rings is 3. The van der Waals surface area contributed by atoms with E-state index in [4.69, 9.17) is 18.9 Å². The summed E-state index contributed by atoms with van der Waals surface area (Å²) in [6.45, 7) is 8.09. The molecule has 3 aromatic carbocycles. The second-order valence-electron chi connectivity index (χ2n) is 10.4. The summed E-state index contributed by atoms with van der Waals surface area (Å²) in [6.07, 6.45) is 1.19. The minimum absolute atomic E-state index is 0.00912. The summed E-state index contributed by atoms with van der Waals surface area (Å²) in [7, 11) is 1.40. The summed E-state index contributed by atoms with van der Waals surface area (Å²) < 4.78 is 22.9. The molecule has 3 aromatic rings. The molecule has 0 spiro atoms. The normalized spacial score (nSPS) is 17.9. The van der Waals surface area contributed by atoms with Crippen LogP contribution in [0.15, 0.2) is 54.6 Å². The third-order valence-electron chi connectivity index (χ3n) is 7.53. The first-order valence-electron chi connectivity index (χ1n) is 13.4. The molecule has 0 aromatic heterocycles. The fraction of sp³-hybridized carbons (Fsp3) is 0.375. The molecule has 204 valence electrons. The van der Waals surface area contributed by atoms with Crippen LogP contribution in [-0.4, -0.2) is 49.7 Å². The average Bonchev–Trinajstić information content (AvgIpc) is 3.54. The first-order valence-corrected chi connectivity index (χ1v) is 13.4. The average molecular weight is 530 g/mol. The number of carbonyl (C=O) groups excluding carboxylic acids is 2. The van der Waals surface area contributed by atoms with E-state index >= 15 is 0 Å². The van der Waals surface area contributed by atoms with Gasteiger partial charge in [-0.2, -0.15) is 0 Å².